The molecule has 1 atom stereocenters. The number of hydrogen-bond acceptors (Lipinski definition) is 4. The molecule has 1 aliphatic rings. The number of amides is 2. The number of rotatable bonds is 6. The van der Waals surface area contributed by atoms with Gasteiger partial charge in [-0.15, -0.1) is 0 Å². The number of hydrogen-bond donors (Lipinski definition) is 2. The number of carbonyl (C=O) groups is 1. The third kappa shape index (κ3) is 5.18. The van der Waals surface area contributed by atoms with Crippen LogP contribution in [0.5, 0.6) is 5.75 Å². The number of benzene rings is 2. The van der Waals surface area contributed by atoms with Crippen molar-refractivity contribution in [3.63, 3.8) is 0 Å². The fraction of sp³-hybridized carbons (Fsp3) is 0.304. The molecular formula is C23H24ClN3O4. The number of methoxy groups -OCH3 is 1. The maximum atomic E-state index is 13.1. The smallest absolute Gasteiger partial charge is 0.322 e. The number of H-pyrrole nitrogens is 1. The molecule has 162 valence electrons. The molecule has 2 aromatic carbocycles. The molecule has 0 bridgehead atoms. The summed E-state index contributed by atoms with van der Waals surface area (Å²) in [6.45, 7) is 1.24. The zero-order valence-electron chi connectivity index (χ0n) is 17.2. The summed E-state index contributed by atoms with van der Waals surface area (Å²) in [4.78, 5) is 30.2. The maximum absolute atomic E-state index is 13.1. The van der Waals surface area contributed by atoms with Crippen LogP contribution >= 0.6 is 11.6 Å². The highest BCUT2D eigenvalue weighted by molar-refractivity contribution is 6.30. The van der Waals surface area contributed by atoms with Crippen LogP contribution in [-0.4, -0.2) is 42.3 Å². The van der Waals surface area contributed by atoms with Crippen LogP contribution < -0.4 is 15.6 Å². The molecule has 1 aliphatic heterocycles. The van der Waals surface area contributed by atoms with Gasteiger partial charge in [0.05, 0.1) is 19.8 Å². The lowest BCUT2D eigenvalue weighted by atomic mass is 10.1. The molecule has 1 aromatic heterocycles. The molecule has 1 fully saturated rings. The van der Waals surface area contributed by atoms with Crippen LogP contribution in [0.1, 0.15) is 18.4 Å². The first-order valence-electron chi connectivity index (χ1n) is 10.1. The van der Waals surface area contributed by atoms with Gasteiger partial charge in [-0.25, -0.2) is 4.79 Å². The fourth-order valence-electron chi connectivity index (χ4n) is 3.67. The van der Waals surface area contributed by atoms with Gasteiger partial charge in [-0.05, 0) is 61.4 Å². The summed E-state index contributed by atoms with van der Waals surface area (Å²) in [6.07, 6.45) is 1.81. The van der Waals surface area contributed by atoms with Crippen LogP contribution in [0.25, 0.3) is 10.9 Å². The molecule has 7 nitrogen and oxygen atoms in total. The second kappa shape index (κ2) is 9.41. The second-order valence-electron chi connectivity index (χ2n) is 7.53. The van der Waals surface area contributed by atoms with Crippen molar-refractivity contribution >= 4 is 34.2 Å². The van der Waals surface area contributed by atoms with E-state index in [0.29, 0.717) is 40.7 Å². The van der Waals surface area contributed by atoms with Crippen molar-refractivity contribution < 1.29 is 14.3 Å². The molecule has 8 heteroatoms. The predicted molar refractivity (Wildman–Crippen MR) is 121 cm³/mol. The van der Waals surface area contributed by atoms with Gasteiger partial charge in [0.2, 0.25) is 0 Å². The normalized spacial score (nSPS) is 15.7. The Labute approximate surface area is 184 Å². The Morgan fingerprint density at radius 2 is 2.06 bits per heavy atom. The van der Waals surface area contributed by atoms with Crippen molar-refractivity contribution in [2.75, 3.05) is 25.6 Å². The van der Waals surface area contributed by atoms with E-state index in [4.69, 9.17) is 21.1 Å². The first-order valence-corrected chi connectivity index (χ1v) is 10.5. The lowest BCUT2D eigenvalue weighted by Gasteiger charge is -2.25. The van der Waals surface area contributed by atoms with Crippen molar-refractivity contribution in [2.24, 2.45) is 0 Å². The van der Waals surface area contributed by atoms with Crippen LogP contribution in [0, 0.1) is 0 Å². The van der Waals surface area contributed by atoms with Crippen LogP contribution in [-0.2, 0) is 11.3 Å². The topological polar surface area (TPSA) is 83.7 Å². The Hall–Kier alpha value is -3.03. The molecule has 2 N–H and O–H groups in total. The quantitative estimate of drug-likeness (QED) is 0.593. The van der Waals surface area contributed by atoms with Crippen LogP contribution in [0.15, 0.2) is 53.3 Å². The van der Waals surface area contributed by atoms with E-state index in [9.17, 15) is 9.59 Å². The maximum Gasteiger partial charge on any atom is 0.322 e. The Kier molecular flexibility index (Phi) is 6.44. The summed E-state index contributed by atoms with van der Waals surface area (Å²) in [5.41, 5.74) is 1.61. The van der Waals surface area contributed by atoms with Gasteiger partial charge in [-0.1, -0.05) is 11.6 Å². The highest BCUT2D eigenvalue weighted by atomic mass is 35.5. The average molecular weight is 442 g/mol. The number of halogens is 1. The number of aromatic nitrogens is 1. The number of ether oxygens (including phenoxy) is 2. The minimum absolute atomic E-state index is 0.0457. The van der Waals surface area contributed by atoms with E-state index in [2.05, 4.69) is 10.3 Å². The van der Waals surface area contributed by atoms with Gasteiger partial charge in [0, 0.05) is 40.3 Å². The standard InChI is InChI=1S/C23H24ClN3O4/c1-30-19-8-9-21-15(12-19)11-16(22(28)26-21)13-27(14-20-3-2-10-31-20)23(29)25-18-6-4-17(24)5-7-18/h4-9,11-12,20H,2-3,10,13-14H2,1H3,(H,25,29)(H,26,28)/t20-/m1/s1. The summed E-state index contributed by atoms with van der Waals surface area (Å²) in [5, 5.41) is 4.31. The molecule has 31 heavy (non-hydrogen) atoms. The molecule has 2 amide bonds. The SMILES string of the molecule is COc1ccc2[nH]c(=O)c(CN(C[C@H]3CCCO3)C(=O)Nc3ccc(Cl)cc3)cc2c1. The summed E-state index contributed by atoms with van der Waals surface area (Å²) in [5.74, 6) is 0.696. The van der Waals surface area contributed by atoms with Crippen LogP contribution in [0.3, 0.4) is 0 Å². The summed E-state index contributed by atoms with van der Waals surface area (Å²) < 4.78 is 11.0. The van der Waals surface area contributed by atoms with Crippen molar-refractivity contribution in [1.29, 1.82) is 0 Å². The molecule has 0 spiro atoms. The number of urea groups is 1. The van der Waals surface area contributed by atoms with Crippen molar-refractivity contribution in [2.45, 2.75) is 25.5 Å². The minimum atomic E-state index is -0.303. The van der Waals surface area contributed by atoms with Gasteiger partial charge in [0.25, 0.3) is 5.56 Å². The fourth-order valence-corrected chi connectivity index (χ4v) is 3.80. The van der Waals surface area contributed by atoms with E-state index in [1.54, 1.807) is 54.5 Å². The average Bonchev–Trinajstić information content (AvgIpc) is 3.28. The van der Waals surface area contributed by atoms with Crippen molar-refractivity contribution in [3.8, 4) is 5.75 Å². The summed E-state index contributed by atoms with van der Waals surface area (Å²) in [7, 11) is 1.60. The van der Waals surface area contributed by atoms with Gasteiger partial charge in [0.1, 0.15) is 5.75 Å². The molecular weight excluding hydrogens is 418 g/mol. The second-order valence-corrected chi connectivity index (χ2v) is 7.97. The molecule has 0 radical (unpaired) electrons. The van der Waals surface area contributed by atoms with Gasteiger partial charge >= 0.3 is 6.03 Å². The van der Waals surface area contributed by atoms with Gasteiger partial charge in [0.15, 0.2) is 0 Å². The third-order valence-corrected chi connectivity index (χ3v) is 5.57. The Bertz CT molecular complexity index is 1120. The molecule has 0 aliphatic carbocycles. The van der Waals surface area contributed by atoms with E-state index >= 15 is 0 Å². The monoisotopic (exact) mass is 441 g/mol. The number of anilines is 1. The number of aromatic amines is 1. The number of fused-ring (bicyclic) bond motifs is 1. The minimum Gasteiger partial charge on any atom is -0.497 e. The first-order chi connectivity index (χ1) is 15.0. The molecule has 4 rings (SSSR count). The molecule has 2 heterocycles. The largest absolute Gasteiger partial charge is 0.497 e. The lowest BCUT2D eigenvalue weighted by Crippen LogP contribution is -2.40. The molecule has 0 saturated carbocycles. The summed E-state index contributed by atoms with van der Waals surface area (Å²) in [6, 6.07) is 13.8. The van der Waals surface area contributed by atoms with Gasteiger partial charge < -0.3 is 24.7 Å². The Balaban J connectivity index is 1.60. The molecule has 0 unspecified atom stereocenters. The molecule has 3 aromatic rings. The van der Waals surface area contributed by atoms with E-state index in [1.165, 1.54) is 0 Å². The zero-order valence-corrected chi connectivity index (χ0v) is 17.9. The third-order valence-electron chi connectivity index (χ3n) is 5.32. The number of carbonyl (C=O) groups excluding carboxylic acids is 1. The first kappa shape index (κ1) is 21.2. The summed E-state index contributed by atoms with van der Waals surface area (Å²) >= 11 is 5.93. The number of pyridine rings is 1. The Morgan fingerprint density at radius 1 is 1.26 bits per heavy atom. The van der Waals surface area contributed by atoms with Crippen LogP contribution in [0.4, 0.5) is 10.5 Å². The van der Waals surface area contributed by atoms with E-state index in [1.807, 2.05) is 6.07 Å². The van der Waals surface area contributed by atoms with E-state index < -0.39 is 0 Å². The predicted octanol–water partition coefficient (Wildman–Crippen LogP) is 4.40. The van der Waals surface area contributed by atoms with Gasteiger partial charge in [-0.2, -0.15) is 0 Å². The van der Waals surface area contributed by atoms with Gasteiger partial charge in [-0.3, -0.25) is 4.79 Å². The van der Waals surface area contributed by atoms with E-state index in [-0.39, 0.29) is 24.2 Å². The van der Waals surface area contributed by atoms with Crippen LogP contribution in [0.2, 0.25) is 5.02 Å². The molecule has 1 saturated heterocycles. The highest BCUT2D eigenvalue weighted by Gasteiger charge is 2.24. The number of nitrogens with one attached hydrogen (secondary N) is 2. The zero-order chi connectivity index (χ0) is 21.8. The van der Waals surface area contributed by atoms with Crippen molar-refractivity contribution in [1.82, 2.24) is 9.88 Å². The Morgan fingerprint density at radius 3 is 2.77 bits per heavy atom. The lowest BCUT2D eigenvalue weighted by molar-refractivity contribution is 0.0818. The van der Waals surface area contributed by atoms with E-state index in [0.717, 1.165) is 18.2 Å². The number of nitrogens with zero attached hydrogens (tertiary/aromatic N) is 1. The highest BCUT2D eigenvalue weighted by Crippen LogP contribution is 2.21. The van der Waals surface area contributed by atoms with Crippen molar-refractivity contribution in [3.05, 3.63) is 69.5 Å².